The molecule has 0 radical (unpaired) electrons. The first-order chi connectivity index (χ1) is 11.5. The van der Waals surface area contributed by atoms with E-state index in [1.54, 1.807) is 11.1 Å². The van der Waals surface area contributed by atoms with Gasteiger partial charge in [-0.1, -0.05) is 67.0 Å². The van der Waals surface area contributed by atoms with Gasteiger partial charge in [0.15, 0.2) is 0 Å². The van der Waals surface area contributed by atoms with Crippen LogP contribution in [0.25, 0.3) is 0 Å². The van der Waals surface area contributed by atoms with Crippen LogP contribution in [0.4, 0.5) is 0 Å². The highest BCUT2D eigenvalue weighted by Gasteiger charge is 2.51. The molecule has 0 N–H and O–H groups in total. The molecule has 0 spiro atoms. The van der Waals surface area contributed by atoms with Crippen molar-refractivity contribution in [3.8, 4) is 0 Å². The van der Waals surface area contributed by atoms with Crippen LogP contribution in [0.5, 0.6) is 0 Å². The Morgan fingerprint density at radius 3 is 2.46 bits per heavy atom. The van der Waals surface area contributed by atoms with Crippen LogP contribution in [0.1, 0.15) is 62.3 Å². The largest absolute Gasteiger partial charge is 0.0648 e. The van der Waals surface area contributed by atoms with Crippen molar-refractivity contribution in [3.05, 3.63) is 69.2 Å². The van der Waals surface area contributed by atoms with Gasteiger partial charge >= 0.3 is 0 Å². The van der Waals surface area contributed by atoms with Gasteiger partial charge < -0.3 is 0 Å². The lowest BCUT2D eigenvalue weighted by Crippen LogP contribution is -2.40. The smallest absolute Gasteiger partial charge is 0.0178 e. The molecule has 128 valence electrons. The lowest BCUT2D eigenvalue weighted by molar-refractivity contribution is 0.124. The van der Waals surface area contributed by atoms with Gasteiger partial charge in [0.2, 0.25) is 0 Å². The third kappa shape index (κ3) is 2.75. The molecule has 0 saturated heterocycles. The lowest BCUT2D eigenvalue weighted by Gasteiger charge is -2.44. The number of fused-ring (bicyclic) bond motifs is 1. The zero-order valence-corrected chi connectivity index (χ0v) is 17.0. The minimum atomic E-state index is 0.267. The van der Waals surface area contributed by atoms with E-state index >= 15 is 0 Å². The SMILES string of the molecule is CCC1(CCc2ccccc2C)Cc2ccc(Br)cc2C1(C)CC. The Bertz CT molecular complexity index is 733. The number of hydrogen-bond donors (Lipinski definition) is 0. The highest BCUT2D eigenvalue weighted by Crippen LogP contribution is 2.58. The second kappa shape index (κ2) is 6.67. The molecule has 0 aliphatic heterocycles. The Morgan fingerprint density at radius 1 is 1.04 bits per heavy atom. The van der Waals surface area contributed by atoms with Crippen molar-refractivity contribution in [1.82, 2.24) is 0 Å². The summed E-state index contributed by atoms with van der Waals surface area (Å²) in [5, 5.41) is 0. The van der Waals surface area contributed by atoms with Crippen LogP contribution in [0.15, 0.2) is 46.9 Å². The van der Waals surface area contributed by atoms with Crippen LogP contribution in [-0.2, 0) is 18.3 Å². The summed E-state index contributed by atoms with van der Waals surface area (Å²) < 4.78 is 1.21. The molecule has 1 heteroatoms. The Hall–Kier alpha value is -1.08. The topological polar surface area (TPSA) is 0 Å². The number of benzene rings is 2. The molecule has 2 aromatic rings. The van der Waals surface area contributed by atoms with E-state index in [0.29, 0.717) is 5.41 Å². The summed E-state index contributed by atoms with van der Waals surface area (Å²) in [5.41, 5.74) is 6.72. The average molecular weight is 385 g/mol. The monoisotopic (exact) mass is 384 g/mol. The molecule has 2 aromatic carbocycles. The quantitative estimate of drug-likeness (QED) is 0.519. The van der Waals surface area contributed by atoms with Crippen LogP contribution < -0.4 is 0 Å². The van der Waals surface area contributed by atoms with Crippen molar-refractivity contribution >= 4 is 15.9 Å². The van der Waals surface area contributed by atoms with Crippen molar-refractivity contribution in [2.24, 2.45) is 5.41 Å². The van der Waals surface area contributed by atoms with Crippen molar-refractivity contribution < 1.29 is 0 Å². The van der Waals surface area contributed by atoms with Crippen molar-refractivity contribution in [3.63, 3.8) is 0 Å². The van der Waals surface area contributed by atoms with Gasteiger partial charge in [-0.05, 0) is 84.2 Å². The number of hydrogen-bond acceptors (Lipinski definition) is 0. The molecule has 0 bridgehead atoms. The van der Waals surface area contributed by atoms with Crippen LogP contribution >= 0.6 is 15.9 Å². The minimum absolute atomic E-state index is 0.267. The molecular weight excluding hydrogens is 356 g/mol. The summed E-state index contributed by atoms with van der Waals surface area (Å²) in [6, 6.07) is 15.8. The van der Waals surface area contributed by atoms with Gasteiger partial charge in [0.1, 0.15) is 0 Å². The van der Waals surface area contributed by atoms with E-state index in [2.05, 4.69) is 86.1 Å². The van der Waals surface area contributed by atoms with Crippen molar-refractivity contribution in [2.45, 2.75) is 65.2 Å². The maximum atomic E-state index is 3.69. The van der Waals surface area contributed by atoms with Gasteiger partial charge in [-0.3, -0.25) is 0 Å². The van der Waals surface area contributed by atoms with E-state index in [1.807, 2.05) is 0 Å². The molecule has 0 saturated carbocycles. The highest BCUT2D eigenvalue weighted by molar-refractivity contribution is 9.10. The predicted molar refractivity (Wildman–Crippen MR) is 108 cm³/mol. The zero-order chi connectivity index (χ0) is 17.4. The van der Waals surface area contributed by atoms with Crippen molar-refractivity contribution in [2.75, 3.05) is 0 Å². The molecular formula is C23H29Br. The van der Waals surface area contributed by atoms with Gasteiger partial charge in [-0.25, -0.2) is 0 Å². The molecule has 2 unspecified atom stereocenters. The number of rotatable bonds is 5. The van der Waals surface area contributed by atoms with Gasteiger partial charge in [-0.15, -0.1) is 0 Å². The molecule has 0 fully saturated rings. The molecule has 24 heavy (non-hydrogen) atoms. The second-order valence-corrected chi connectivity index (χ2v) is 8.64. The van der Waals surface area contributed by atoms with Crippen LogP contribution in [0, 0.1) is 12.3 Å². The normalized spacial score (nSPS) is 25.7. The van der Waals surface area contributed by atoms with Gasteiger partial charge in [0, 0.05) is 4.47 Å². The summed E-state index contributed by atoms with van der Waals surface area (Å²) in [7, 11) is 0. The van der Waals surface area contributed by atoms with Crippen LogP contribution in [0.3, 0.4) is 0 Å². The predicted octanol–water partition coefficient (Wildman–Crippen LogP) is 7.01. The third-order valence-electron chi connectivity index (χ3n) is 6.88. The van der Waals surface area contributed by atoms with E-state index in [-0.39, 0.29) is 5.41 Å². The van der Waals surface area contributed by atoms with E-state index in [0.717, 1.165) is 0 Å². The first kappa shape index (κ1) is 17.7. The molecule has 3 rings (SSSR count). The van der Waals surface area contributed by atoms with Gasteiger partial charge in [-0.2, -0.15) is 0 Å². The van der Waals surface area contributed by atoms with E-state index in [4.69, 9.17) is 0 Å². The fourth-order valence-corrected chi connectivity index (χ4v) is 5.31. The summed E-state index contributed by atoms with van der Waals surface area (Å²) in [6.45, 7) is 9.51. The molecule has 2 atom stereocenters. The summed E-state index contributed by atoms with van der Waals surface area (Å²) in [5.74, 6) is 0. The fraction of sp³-hybridized carbons (Fsp3) is 0.478. The lowest BCUT2D eigenvalue weighted by atomic mass is 9.59. The second-order valence-electron chi connectivity index (χ2n) is 7.72. The van der Waals surface area contributed by atoms with Crippen molar-refractivity contribution in [1.29, 1.82) is 0 Å². The molecule has 0 heterocycles. The summed E-state index contributed by atoms with van der Waals surface area (Å²) >= 11 is 3.69. The zero-order valence-electron chi connectivity index (χ0n) is 15.5. The van der Waals surface area contributed by atoms with Crippen LogP contribution in [0.2, 0.25) is 0 Å². The highest BCUT2D eigenvalue weighted by atomic mass is 79.9. The average Bonchev–Trinajstić information content (AvgIpc) is 2.84. The first-order valence-electron chi connectivity index (χ1n) is 9.29. The maximum Gasteiger partial charge on any atom is 0.0178 e. The van der Waals surface area contributed by atoms with Gasteiger partial charge in [0.25, 0.3) is 0 Å². The van der Waals surface area contributed by atoms with E-state index in [9.17, 15) is 0 Å². The molecule has 0 aromatic heterocycles. The maximum absolute atomic E-state index is 3.69. The first-order valence-corrected chi connectivity index (χ1v) is 10.1. The summed E-state index contributed by atoms with van der Waals surface area (Å²) in [4.78, 5) is 0. The van der Waals surface area contributed by atoms with E-state index < -0.39 is 0 Å². The Balaban J connectivity index is 1.96. The number of halogens is 1. The summed E-state index contributed by atoms with van der Waals surface area (Å²) in [6.07, 6.45) is 6.13. The Kier molecular flexibility index (Phi) is 4.93. The minimum Gasteiger partial charge on any atom is -0.0648 e. The molecule has 1 aliphatic carbocycles. The Labute approximate surface area is 155 Å². The standard InChI is InChI=1S/C23H29Br/c1-5-22(4)21-15-20(24)12-11-19(21)16-23(22,6-2)14-13-18-10-8-7-9-17(18)3/h7-12,15H,5-6,13-14,16H2,1-4H3. The molecule has 0 nitrogen and oxygen atoms in total. The fourth-order valence-electron chi connectivity index (χ4n) is 4.95. The molecule has 0 amide bonds. The van der Waals surface area contributed by atoms with Gasteiger partial charge in [0.05, 0.1) is 0 Å². The number of aryl methyl sites for hydroxylation is 2. The third-order valence-corrected chi connectivity index (χ3v) is 7.38. The Morgan fingerprint density at radius 2 is 1.79 bits per heavy atom. The molecule has 1 aliphatic rings. The van der Waals surface area contributed by atoms with E-state index in [1.165, 1.54) is 47.7 Å². The van der Waals surface area contributed by atoms with Crippen LogP contribution in [-0.4, -0.2) is 0 Å².